The zero-order chi connectivity index (χ0) is 18.0. The van der Waals surface area contributed by atoms with Crippen molar-refractivity contribution in [2.24, 2.45) is 0 Å². The highest BCUT2D eigenvalue weighted by atomic mass is 79.9. The second-order valence-corrected chi connectivity index (χ2v) is 7.26. The van der Waals surface area contributed by atoms with Gasteiger partial charge in [-0.25, -0.2) is 4.98 Å². The number of amides is 1. The number of likely N-dealkylation sites (tertiary alicyclic amines) is 1. The molecule has 6 nitrogen and oxygen atoms in total. The molecular formula is C19H19BrN2O4. The van der Waals surface area contributed by atoms with Crippen LogP contribution in [0.15, 0.2) is 47.1 Å². The lowest BCUT2D eigenvalue weighted by Gasteiger charge is -2.37. The van der Waals surface area contributed by atoms with Gasteiger partial charge in [-0.1, -0.05) is 22.0 Å². The molecule has 4 rings (SSSR count). The van der Waals surface area contributed by atoms with Gasteiger partial charge in [-0.05, 0) is 24.3 Å². The fourth-order valence-electron chi connectivity index (χ4n) is 3.24. The van der Waals surface area contributed by atoms with Gasteiger partial charge in [0.2, 0.25) is 5.88 Å². The summed E-state index contributed by atoms with van der Waals surface area (Å²) in [4.78, 5) is 18.8. The molecule has 0 aliphatic carbocycles. The van der Waals surface area contributed by atoms with Gasteiger partial charge in [0.1, 0.15) is 5.75 Å². The Bertz CT molecular complexity index is 780. The van der Waals surface area contributed by atoms with Crippen LogP contribution in [-0.4, -0.2) is 47.9 Å². The summed E-state index contributed by atoms with van der Waals surface area (Å²) in [5, 5.41) is 0. The summed E-state index contributed by atoms with van der Waals surface area (Å²) in [6.45, 7) is 2.51. The first-order valence-electron chi connectivity index (χ1n) is 8.60. The standard InChI is InChI=1S/C19H19BrN2O4/c20-15-2-1-3-16(12-15)26-17-5-4-14(13-21-17)18(23)22-8-6-19(7-9-22)24-10-11-25-19/h1-5,12-13H,6-11H2. The highest BCUT2D eigenvalue weighted by Crippen LogP contribution is 2.31. The van der Waals surface area contributed by atoms with E-state index in [1.165, 1.54) is 0 Å². The molecule has 0 radical (unpaired) electrons. The van der Waals surface area contributed by atoms with E-state index in [1.54, 1.807) is 18.3 Å². The van der Waals surface area contributed by atoms with Crippen molar-refractivity contribution in [3.8, 4) is 11.6 Å². The molecule has 0 bridgehead atoms. The van der Waals surface area contributed by atoms with E-state index in [0.717, 1.165) is 4.47 Å². The van der Waals surface area contributed by atoms with Crippen LogP contribution in [0.1, 0.15) is 23.2 Å². The first-order chi connectivity index (χ1) is 12.6. The molecular weight excluding hydrogens is 400 g/mol. The van der Waals surface area contributed by atoms with Gasteiger partial charge in [-0.3, -0.25) is 4.79 Å². The molecule has 3 heterocycles. The number of hydrogen-bond acceptors (Lipinski definition) is 5. The Morgan fingerprint density at radius 1 is 1.15 bits per heavy atom. The van der Waals surface area contributed by atoms with E-state index in [9.17, 15) is 4.79 Å². The number of pyridine rings is 1. The summed E-state index contributed by atoms with van der Waals surface area (Å²) < 4.78 is 18.0. The fourth-order valence-corrected chi connectivity index (χ4v) is 3.62. The molecule has 1 amide bonds. The van der Waals surface area contributed by atoms with Crippen molar-refractivity contribution in [3.63, 3.8) is 0 Å². The molecule has 2 aromatic rings. The van der Waals surface area contributed by atoms with Crippen LogP contribution >= 0.6 is 15.9 Å². The number of ether oxygens (including phenoxy) is 3. The monoisotopic (exact) mass is 418 g/mol. The minimum absolute atomic E-state index is 0.0284. The highest BCUT2D eigenvalue weighted by Gasteiger charge is 2.40. The minimum atomic E-state index is -0.476. The van der Waals surface area contributed by atoms with E-state index in [4.69, 9.17) is 14.2 Å². The molecule has 136 valence electrons. The van der Waals surface area contributed by atoms with Gasteiger partial charge in [0, 0.05) is 42.7 Å². The van der Waals surface area contributed by atoms with Crippen LogP contribution < -0.4 is 4.74 Å². The molecule has 7 heteroatoms. The second-order valence-electron chi connectivity index (χ2n) is 6.34. The van der Waals surface area contributed by atoms with E-state index >= 15 is 0 Å². The Labute approximate surface area is 160 Å². The van der Waals surface area contributed by atoms with E-state index in [1.807, 2.05) is 29.2 Å². The second kappa shape index (κ2) is 7.34. The lowest BCUT2D eigenvalue weighted by molar-refractivity contribution is -0.181. The van der Waals surface area contributed by atoms with E-state index in [0.29, 0.717) is 56.3 Å². The van der Waals surface area contributed by atoms with Crippen molar-refractivity contribution >= 4 is 21.8 Å². The Balaban J connectivity index is 1.38. The molecule has 0 N–H and O–H groups in total. The van der Waals surface area contributed by atoms with Crippen LogP contribution in [0.5, 0.6) is 11.6 Å². The Kier molecular flexibility index (Phi) is 4.93. The largest absolute Gasteiger partial charge is 0.439 e. The Hall–Kier alpha value is -1.96. The maximum Gasteiger partial charge on any atom is 0.255 e. The van der Waals surface area contributed by atoms with Crippen molar-refractivity contribution in [1.82, 2.24) is 9.88 Å². The molecule has 0 atom stereocenters. The van der Waals surface area contributed by atoms with E-state index in [-0.39, 0.29) is 5.91 Å². The average Bonchev–Trinajstić information content (AvgIpc) is 3.11. The zero-order valence-corrected chi connectivity index (χ0v) is 15.8. The van der Waals surface area contributed by atoms with Gasteiger partial charge in [0.15, 0.2) is 5.79 Å². The number of carbonyl (C=O) groups excluding carboxylic acids is 1. The van der Waals surface area contributed by atoms with E-state index < -0.39 is 5.79 Å². The lowest BCUT2D eigenvalue weighted by atomic mass is 10.0. The SMILES string of the molecule is O=C(c1ccc(Oc2cccc(Br)c2)nc1)N1CCC2(CC1)OCCO2. The van der Waals surface area contributed by atoms with Crippen LogP contribution in [0.4, 0.5) is 0 Å². The number of aromatic nitrogens is 1. The predicted molar refractivity (Wildman–Crippen MR) is 98.2 cm³/mol. The summed E-state index contributed by atoms with van der Waals surface area (Å²) in [6, 6.07) is 11.0. The molecule has 0 saturated carbocycles. The quantitative estimate of drug-likeness (QED) is 0.761. The molecule has 2 aliphatic heterocycles. The normalized spacial score (nSPS) is 18.9. The van der Waals surface area contributed by atoms with Gasteiger partial charge in [0.25, 0.3) is 5.91 Å². The molecule has 0 unspecified atom stereocenters. The first-order valence-corrected chi connectivity index (χ1v) is 9.40. The maximum absolute atomic E-state index is 12.7. The molecule has 1 aromatic carbocycles. The van der Waals surface area contributed by atoms with E-state index in [2.05, 4.69) is 20.9 Å². The summed E-state index contributed by atoms with van der Waals surface area (Å²) in [7, 11) is 0. The average molecular weight is 419 g/mol. The number of halogens is 1. The number of piperidine rings is 1. The summed E-state index contributed by atoms with van der Waals surface area (Å²) in [5.41, 5.74) is 0.552. The molecule has 2 saturated heterocycles. The van der Waals surface area contributed by atoms with Crippen molar-refractivity contribution < 1.29 is 19.0 Å². The third-order valence-electron chi connectivity index (χ3n) is 4.63. The number of nitrogens with zero attached hydrogens (tertiary/aromatic N) is 2. The lowest BCUT2D eigenvalue weighted by Crippen LogP contribution is -2.47. The topological polar surface area (TPSA) is 60.9 Å². The fraction of sp³-hybridized carbons (Fsp3) is 0.368. The van der Waals surface area contributed by atoms with Crippen LogP contribution in [0.25, 0.3) is 0 Å². The Morgan fingerprint density at radius 3 is 2.58 bits per heavy atom. The van der Waals surface area contributed by atoms with Crippen LogP contribution in [0.2, 0.25) is 0 Å². The number of hydrogen-bond donors (Lipinski definition) is 0. The smallest absolute Gasteiger partial charge is 0.255 e. The molecule has 2 aliphatic rings. The third kappa shape index (κ3) is 3.75. The van der Waals surface area contributed by atoms with Crippen molar-refractivity contribution in [2.75, 3.05) is 26.3 Å². The first kappa shape index (κ1) is 17.5. The van der Waals surface area contributed by atoms with Gasteiger partial charge < -0.3 is 19.1 Å². The Morgan fingerprint density at radius 2 is 1.92 bits per heavy atom. The van der Waals surface area contributed by atoms with Gasteiger partial charge >= 0.3 is 0 Å². The third-order valence-corrected chi connectivity index (χ3v) is 5.12. The summed E-state index contributed by atoms with van der Waals surface area (Å²) >= 11 is 3.40. The number of benzene rings is 1. The van der Waals surface area contributed by atoms with Crippen molar-refractivity contribution in [2.45, 2.75) is 18.6 Å². The molecule has 1 aromatic heterocycles. The van der Waals surface area contributed by atoms with Crippen molar-refractivity contribution in [1.29, 1.82) is 0 Å². The molecule has 1 spiro atoms. The van der Waals surface area contributed by atoms with Gasteiger partial charge in [-0.2, -0.15) is 0 Å². The van der Waals surface area contributed by atoms with Crippen molar-refractivity contribution in [3.05, 3.63) is 52.6 Å². The predicted octanol–water partition coefficient (Wildman–Crippen LogP) is 3.62. The summed E-state index contributed by atoms with van der Waals surface area (Å²) in [5.74, 6) is 0.629. The highest BCUT2D eigenvalue weighted by molar-refractivity contribution is 9.10. The zero-order valence-electron chi connectivity index (χ0n) is 14.2. The molecule has 26 heavy (non-hydrogen) atoms. The maximum atomic E-state index is 12.7. The van der Waals surface area contributed by atoms with Crippen LogP contribution in [0, 0.1) is 0 Å². The summed E-state index contributed by atoms with van der Waals surface area (Å²) in [6.07, 6.45) is 2.97. The van der Waals surface area contributed by atoms with Crippen LogP contribution in [0.3, 0.4) is 0 Å². The van der Waals surface area contributed by atoms with Crippen LogP contribution in [-0.2, 0) is 9.47 Å². The van der Waals surface area contributed by atoms with Gasteiger partial charge in [-0.15, -0.1) is 0 Å². The minimum Gasteiger partial charge on any atom is -0.439 e. The van der Waals surface area contributed by atoms with Gasteiger partial charge in [0.05, 0.1) is 18.8 Å². The number of carbonyl (C=O) groups is 1. The molecule has 2 fully saturated rings. The number of rotatable bonds is 3.